The van der Waals surface area contributed by atoms with Crippen molar-refractivity contribution in [3.05, 3.63) is 82.5 Å². The molecule has 158 valence electrons. The molecule has 0 saturated carbocycles. The number of fused-ring (bicyclic) bond motifs is 1. The summed E-state index contributed by atoms with van der Waals surface area (Å²) in [6, 6.07) is 13.5. The van der Waals surface area contributed by atoms with E-state index in [4.69, 9.17) is 5.14 Å². The van der Waals surface area contributed by atoms with Crippen LogP contribution in [-0.2, 0) is 16.6 Å². The Morgan fingerprint density at radius 2 is 1.87 bits per heavy atom. The number of hydrogen-bond donors (Lipinski definition) is 1. The lowest BCUT2D eigenvalue weighted by atomic mass is 10.0. The van der Waals surface area contributed by atoms with Gasteiger partial charge in [-0.3, -0.25) is 9.36 Å². The van der Waals surface area contributed by atoms with E-state index in [1.54, 1.807) is 36.5 Å². The molecule has 4 rings (SSSR count). The first-order valence-corrected chi connectivity index (χ1v) is 11.9. The first kappa shape index (κ1) is 21.2. The highest BCUT2D eigenvalue weighted by atomic mass is 32.2. The number of nitrogens with two attached hydrogens (primary N) is 1. The molecule has 0 amide bonds. The van der Waals surface area contributed by atoms with Gasteiger partial charge in [0.15, 0.2) is 5.16 Å². The van der Waals surface area contributed by atoms with E-state index in [9.17, 15) is 17.6 Å². The van der Waals surface area contributed by atoms with E-state index in [-0.39, 0.29) is 17.0 Å². The van der Waals surface area contributed by atoms with Crippen LogP contribution in [0.3, 0.4) is 0 Å². The van der Waals surface area contributed by atoms with Crippen molar-refractivity contribution in [2.45, 2.75) is 16.6 Å². The number of pyridine rings is 1. The van der Waals surface area contributed by atoms with Crippen molar-refractivity contribution in [3.8, 4) is 11.1 Å². The number of benzene rings is 2. The predicted molar refractivity (Wildman–Crippen MR) is 118 cm³/mol. The number of hydrogen-bond acceptors (Lipinski definition) is 6. The molecule has 0 unspecified atom stereocenters. The van der Waals surface area contributed by atoms with Crippen molar-refractivity contribution in [1.29, 1.82) is 0 Å². The van der Waals surface area contributed by atoms with Crippen molar-refractivity contribution >= 4 is 32.8 Å². The zero-order valence-corrected chi connectivity index (χ0v) is 18.0. The van der Waals surface area contributed by atoms with Crippen molar-refractivity contribution in [3.63, 3.8) is 0 Å². The monoisotopic (exact) mass is 456 g/mol. The van der Waals surface area contributed by atoms with E-state index in [0.29, 0.717) is 32.9 Å². The van der Waals surface area contributed by atoms with E-state index < -0.39 is 15.8 Å². The minimum Gasteiger partial charge on any atom is -0.288 e. The first-order valence-electron chi connectivity index (χ1n) is 9.08. The highest BCUT2D eigenvalue weighted by Gasteiger charge is 2.13. The molecule has 0 spiro atoms. The molecule has 2 N–H and O–H groups in total. The average Bonchev–Trinajstić information content (AvgIpc) is 2.76. The molecule has 0 aliphatic heterocycles. The SMILES string of the molecule is CSc1ncc2ccc(=O)n(Cc3ccc(-c4cccc(S(N)(=O)=O)c4)cc3F)c2n1. The summed E-state index contributed by atoms with van der Waals surface area (Å²) in [6.45, 7) is -0.00958. The summed E-state index contributed by atoms with van der Waals surface area (Å²) < 4.78 is 39.5. The molecule has 0 bridgehead atoms. The fourth-order valence-electron chi connectivity index (χ4n) is 3.18. The molecule has 0 saturated heterocycles. The van der Waals surface area contributed by atoms with Gasteiger partial charge in [-0.25, -0.2) is 27.9 Å². The smallest absolute Gasteiger partial charge is 0.252 e. The average molecular weight is 457 g/mol. The van der Waals surface area contributed by atoms with Crippen LogP contribution in [0.5, 0.6) is 0 Å². The summed E-state index contributed by atoms with van der Waals surface area (Å²) in [6.07, 6.45) is 3.46. The third kappa shape index (κ3) is 4.36. The lowest BCUT2D eigenvalue weighted by Crippen LogP contribution is -2.21. The zero-order chi connectivity index (χ0) is 22.2. The minimum absolute atomic E-state index is 0.00958. The van der Waals surface area contributed by atoms with E-state index in [1.807, 2.05) is 6.26 Å². The van der Waals surface area contributed by atoms with Crippen LogP contribution in [-0.4, -0.2) is 29.2 Å². The number of primary sulfonamides is 1. The molecule has 2 aromatic heterocycles. The van der Waals surface area contributed by atoms with Gasteiger partial charge in [-0.1, -0.05) is 36.0 Å². The largest absolute Gasteiger partial charge is 0.288 e. The number of rotatable bonds is 5. The van der Waals surface area contributed by atoms with Gasteiger partial charge in [-0.15, -0.1) is 0 Å². The number of halogens is 1. The van der Waals surface area contributed by atoms with Crippen LogP contribution in [0.25, 0.3) is 22.2 Å². The van der Waals surface area contributed by atoms with Gasteiger partial charge in [0, 0.05) is 23.2 Å². The van der Waals surface area contributed by atoms with Gasteiger partial charge >= 0.3 is 0 Å². The van der Waals surface area contributed by atoms with Crippen LogP contribution < -0.4 is 10.7 Å². The lowest BCUT2D eigenvalue weighted by Gasteiger charge is -2.12. The molecule has 0 atom stereocenters. The van der Waals surface area contributed by atoms with Gasteiger partial charge in [-0.2, -0.15) is 0 Å². The van der Waals surface area contributed by atoms with Crippen molar-refractivity contribution < 1.29 is 12.8 Å². The van der Waals surface area contributed by atoms with Crippen molar-refractivity contribution in [2.75, 3.05) is 6.26 Å². The van der Waals surface area contributed by atoms with Crippen LogP contribution in [0.1, 0.15) is 5.56 Å². The zero-order valence-electron chi connectivity index (χ0n) is 16.3. The Morgan fingerprint density at radius 1 is 1.10 bits per heavy atom. The van der Waals surface area contributed by atoms with Crippen LogP contribution in [0.2, 0.25) is 0 Å². The molecule has 10 heteroatoms. The van der Waals surface area contributed by atoms with Gasteiger partial charge < -0.3 is 0 Å². The number of nitrogens with zero attached hydrogens (tertiary/aromatic N) is 3. The van der Waals surface area contributed by atoms with E-state index in [2.05, 4.69) is 9.97 Å². The summed E-state index contributed by atoms with van der Waals surface area (Å²) in [5.74, 6) is -0.526. The maximum Gasteiger partial charge on any atom is 0.252 e. The molecule has 2 heterocycles. The Kier molecular flexibility index (Phi) is 5.61. The molecular weight excluding hydrogens is 439 g/mol. The number of thioether (sulfide) groups is 1. The van der Waals surface area contributed by atoms with E-state index in [1.165, 1.54) is 40.6 Å². The Balaban J connectivity index is 1.74. The van der Waals surface area contributed by atoms with Crippen LogP contribution >= 0.6 is 11.8 Å². The van der Waals surface area contributed by atoms with E-state index >= 15 is 0 Å². The Bertz CT molecular complexity index is 1470. The van der Waals surface area contributed by atoms with Crippen LogP contribution in [0, 0.1) is 5.82 Å². The van der Waals surface area contributed by atoms with Crippen LogP contribution in [0.4, 0.5) is 4.39 Å². The summed E-state index contributed by atoms with van der Waals surface area (Å²) in [7, 11) is -3.87. The van der Waals surface area contributed by atoms with Gasteiger partial charge in [0.25, 0.3) is 5.56 Å². The third-order valence-electron chi connectivity index (χ3n) is 4.76. The second kappa shape index (κ2) is 8.22. The van der Waals surface area contributed by atoms with Gasteiger partial charge in [-0.05, 0) is 41.6 Å². The second-order valence-corrected chi connectivity index (χ2v) is 9.11. The summed E-state index contributed by atoms with van der Waals surface area (Å²) in [4.78, 5) is 21.0. The summed E-state index contributed by atoms with van der Waals surface area (Å²) >= 11 is 1.35. The molecular formula is C21H17FN4O3S2. The minimum atomic E-state index is -3.87. The molecule has 31 heavy (non-hydrogen) atoms. The summed E-state index contributed by atoms with van der Waals surface area (Å²) in [5.41, 5.74) is 1.42. The maximum atomic E-state index is 14.9. The fraction of sp³-hybridized carbons (Fsp3) is 0.0952. The Labute approximate surface area is 181 Å². The third-order valence-corrected chi connectivity index (χ3v) is 6.23. The molecule has 7 nitrogen and oxygen atoms in total. The van der Waals surface area contributed by atoms with Crippen LogP contribution in [0.15, 0.2) is 75.6 Å². The quantitative estimate of drug-likeness (QED) is 0.365. The highest BCUT2D eigenvalue weighted by Crippen LogP contribution is 2.25. The first-order chi connectivity index (χ1) is 14.8. The fourth-order valence-corrected chi connectivity index (χ4v) is 4.08. The van der Waals surface area contributed by atoms with Crippen molar-refractivity contribution in [1.82, 2.24) is 14.5 Å². The molecule has 0 radical (unpaired) electrons. The molecule has 0 aliphatic rings. The van der Waals surface area contributed by atoms with Gasteiger partial charge in [0.05, 0.1) is 11.4 Å². The number of sulfonamides is 1. The molecule has 4 aromatic rings. The Hall–Kier alpha value is -3.08. The van der Waals surface area contributed by atoms with E-state index in [0.717, 1.165) is 0 Å². The second-order valence-electron chi connectivity index (χ2n) is 6.77. The van der Waals surface area contributed by atoms with Gasteiger partial charge in [0.1, 0.15) is 11.5 Å². The molecule has 0 aliphatic carbocycles. The summed E-state index contributed by atoms with van der Waals surface area (Å²) in [5, 5.41) is 6.36. The molecule has 0 fully saturated rings. The van der Waals surface area contributed by atoms with Gasteiger partial charge in [0.2, 0.25) is 10.0 Å². The normalized spacial score (nSPS) is 11.7. The van der Waals surface area contributed by atoms with Crippen molar-refractivity contribution in [2.24, 2.45) is 5.14 Å². The standard InChI is InChI=1S/C21H17FN4O3S2/c1-30-21-24-11-15-7-8-19(27)26(20(15)25-21)12-16-6-5-14(10-18(16)22)13-3-2-4-17(9-13)31(23,28)29/h2-11H,12H2,1H3,(H2,23,28,29). The molecule has 2 aromatic carbocycles. The highest BCUT2D eigenvalue weighted by molar-refractivity contribution is 7.98. The topological polar surface area (TPSA) is 108 Å². The Morgan fingerprint density at radius 3 is 2.58 bits per heavy atom. The maximum absolute atomic E-state index is 14.9. The predicted octanol–water partition coefficient (Wildman–Crippen LogP) is 3.02. The lowest BCUT2D eigenvalue weighted by molar-refractivity contribution is 0.598. The number of aromatic nitrogens is 3.